The second kappa shape index (κ2) is 8.19. The molecule has 1 N–H and O–H groups in total. The van der Waals surface area contributed by atoms with Crippen molar-refractivity contribution in [3.63, 3.8) is 0 Å². The summed E-state index contributed by atoms with van der Waals surface area (Å²) >= 11 is 0. The number of non-ortho nitro benzene ring substituents is 1. The van der Waals surface area contributed by atoms with Gasteiger partial charge in [0.25, 0.3) is 5.69 Å². The van der Waals surface area contributed by atoms with Gasteiger partial charge in [-0.2, -0.15) is 0 Å². The van der Waals surface area contributed by atoms with Gasteiger partial charge in [-0.1, -0.05) is 32.0 Å². The summed E-state index contributed by atoms with van der Waals surface area (Å²) in [6.45, 7) is 6.39. The van der Waals surface area contributed by atoms with Crippen LogP contribution in [-0.4, -0.2) is 18.0 Å². The Morgan fingerprint density at radius 3 is 1.93 bits per heavy atom. The number of nitro benzene ring substituents is 1. The van der Waals surface area contributed by atoms with Gasteiger partial charge in [0.15, 0.2) is 0 Å². The third kappa shape index (κ3) is 6.14. The summed E-state index contributed by atoms with van der Waals surface area (Å²) in [7, 11) is 0. The monoisotopic (exact) mass is 196 g/mol. The molecule has 0 unspecified atom stereocenters. The molecule has 0 aromatic heterocycles. The summed E-state index contributed by atoms with van der Waals surface area (Å²) < 4.78 is 0. The van der Waals surface area contributed by atoms with Gasteiger partial charge in [-0.15, -0.1) is 0 Å². The van der Waals surface area contributed by atoms with Crippen molar-refractivity contribution in [2.45, 2.75) is 13.8 Å². The van der Waals surface area contributed by atoms with Crippen molar-refractivity contribution < 1.29 is 4.92 Å². The number of hydrogen-bond acceptors (Lipinski definition) is 3. The van der Waals surface area contributed by atoms with Gasteiger partial charge < -0.3 is 5.32 Å². The highest BCUT2D eigenvalue weighted by Crippen LogP contribution is 2.06. The summed E-state index contributed by atoms with van der Waals surface area (Å²) in [5.41, 5.74) is 0.137. The van der Waals surface area contributed by atoms with Gasteiger partial charge in [-0.3, -0.25) is 10.1 Å². The van der Waals surface area contributed by atoms with Gasteiger partial charge in [-0.05, 0) is 13.1 Å². The Hall–Kier alpha value is -1.42. The van der Waals surface area contributed by atoms with E-state index >= 15 is 0 Å². The zero-order chi connectivity index (χ0) is 10.8. The van der Waals surface area contributed by atoms with Crippen molar-refractivity contribution >= 4 is 5.69 Å². The number of nitrogens with zero attached hydrogens (tertiary/aromatic N) is 1. The largest absolute Gasteiger partial charge is 0.317 e. The number of benzene rings is 1. The number of rotatable bonds is 3. The molecular weight excluding hydrogens is 180 g/mol. The fourth-order valence-corrected chi connectivity index (χ4v) is 0.800. The van der Waals surface area contributed by atoms with Crippen LogP contribution in [0.4, 0.5) is 5.69 Å². The van der Waals surface area contributed by atoms with E-state index in [1.54, 1.807) is 18.2 Å². The average Bonchev–Trinajstić information content (AvgIpc) is 2.21. The molecule has 0 radical (unpaired) electrons. The first-order valence-electron chi connectivity index (χ1n) is 4.62. The summed E-state index contributed by atoms with van der Waals surface area (Å²) in [5, 5.41) is 13.1. The van der Waals surface area contributed by atoms with Crippen LogP contribution in [0, 0.1) is 10.1 Å². The molecule has 78 valence electrons. The van der Waals surface area contributed by atoms with E-state index in [2.05, 4.69) is 19.2 Å². The van der Waals surface area contributed by atoms with E-state index in [1.165, 1.54) is 12.1 Å². The highest BCUT2D eigenvalue weighted by molar-refractivity contribution is 5.27. The van der Waals surface area contributed by atoms with E-state index in [0.717, 1.165) is 13.1 Å². The molecule has 1 rings (SSSR count). The van der Waals surface area contributed by atoms with Crippen molar-refractivity contribution in [1.82, 2.24) is 5.32 Å². The Morgan fingerprint density at radius 1 is 1.21 bits per heavy atom. The molecule has 0 aliphatic rings. The van der Waals surface area contributed by atoms with Gasteiger partial charge in [0.1, 0.15) is 0 Å². The molecule has 4 nitrogen and oxygen atoms in total. The van der Waals surface area contributed by atoms with E-state index in [0.29, 0.717) is 0 Å². The highest BCUT2D eigenvalue weighted by Gasteiger charge is 1.98. The third-order valence-corrected chi connectivity index (χ3v) is 1.47. The van der Waals surface area contributed by atoms with Crippen LogP contribution in [-0.2, 0) is 0 Å². The number of para-hydroxylation sites is 1. The van der Waals surface area contributed by atoms with Crippen LogP contribution in [0.3, 0.4) is 0 Å². The summed E-state index contributed by atoms with van der Waals surface area (Å²) in [5.74, 6) is 0. The molecular formula is C10H16N2O2. The SMILES string of the molecule is CCNCC.O=[N+]([O-])c1ccccc1. The highest BCUT2D eigenvalue weighted by atomic mass is 16.6. The zero-order valence-corrected chi connectivity index (χ0v) is 8.56. The molecule has 0 heterocycles. The molecule has 1 aromatic carbocycles. The Kier molecular flexibility index (Phi) is 7.36. The van der Waals surface area contributed by atoms with Crippen LogP contribution in [0.25, 0.3) is 0 Å². The second-order valence-electron chi connectivity index (χ2n) is 2.55. The maximum atomic E-state index is 10.0. The normalized spacial score (nSPS) is 8.71. The van der Waals surface area contributed by atoms with Crippen LogP contribution < -0.4 is 5.32 Å². The van der Waals surface area contributed by atoms with E-state index in [-0.39, 0.29) is 5.69 Å². The Balaban J connectivity index is 0.000000292. The quantitative estimate of drug-likeness (QED) is 0.595. The molecule has 1 aromatic rings. The maximum absolute atomic E-state index is 10.0. The van der Waals surface area contributed by atoms with Crippen molar-refractivity contribution in [3.8, 4) is 0 Å². The minimum Gasteiger partial charge on any atom is -0.317 e. The number of nitrogens with one attached hydrogen (secondary N) is 1. The topological polar surface area (TPSA) is 55.2 Å². The predicted octanol–water partition coefficient (Wildman–Crippen LogP) is 2.21. The Labute approximate surface area is 84.1 Å². The molecule has 0 saturated carbocycles. The second-order valence-corrected chi connectivity index (χ2v) is 2.55. The van der Waals surface area contributed by atoms with Crippen molar-refractivity contribution in [2.24, 2.45) is 0 Å². The number of nitro groups is 1. The van der Waals surface area contributed by atoms with Crippen LogP contribution in [0.15, 0.2) is 30.3 Å². The van der Waals surface area contributed by atoms with Gasteiger partial charge in [0.2, 0.25) is 0 Å². The fraction of sp³-hybridized carbons (Fsp3) is 0.400. The lowest BCUT2D eigenvalue weighted by atomic mass is 10.3. The van der Waals surface area contributed by atoms with Crippen LogP contribution in [0.5, 0.6) is 0 Å². The van der Waals surface area contributed by atoms with Gasteiger partial charge in [-0.25, -0.2) is 0 Å². The zero-order valence-electron chi connectivity index (χ0n) is 8.56. The molecule has 0 amide bonds. The molecule has 0 bridgehead atoms. The van der Waals surface area contributed by atoms with Crippen LogP contribution >= 0.6 is 0 Å². The Morgan fingerprint density at radius 2 is 1.71 bits per heavy atom. The van der Waals surface area contributed by atoms with Crippen molar-refractivity contribution in [1.29, 1.82) is 0 Å². The third-order valence-electron chi connectivity index (χ3n) is 1.47. The van der Waals surface area contributed by atoms with Crippen molar-refractivity contribution in [3.05, 3.63) is 40.4 Å². The summed E-state index contributed by atoms with van der Waals surface area (Å²) in [6.07, 6.45) is 0. The van der Waals surface area contributed by atoms with Gasteiger partial charge in [0, 0.05) is 12.1 Å². The van der Waals surface area contributed by atoms with Gasteiger partial charge >= 0.3 is 0 Å². The first kappa shape index (κ1) is 12.6. The molecule has 0 aliphatic carbocycles. The molecule has 0 aliphatic heterocycles. The van der Waals surface area contributed by atoms with E-state index in [4.69, 9.17) is 0 Å². The lowest BCUT2D eigenvalue weighted by Gasteiger charge is -1.86. The van der Waals surface area contributed by atoms with Gasteiger partial charge in [0.05, 0.1) is 4.92 Å². The van der Waals surface area contributed by atoms with E-state index in [9.17, 15) is 10.1 Å². The fourth-order valence-electron chi connectivity index (χ4n) is 0.800. The van der Waals surface area contributed by atoms with E-state index < -0.39 is 4.92 Å². The lowest BCUT2D eigenvalue weighted by Crippen LogP contribution is -2.09. The number of hydrogen-bond donors (Lipinski definition) is 1. The molecule has 0 fully saturated rings. The Bertz CT molecular complexity index is 248. The average molecular weight is 196 g/mol. The standard InChI is InChI=1S/C6H5NO2.C4H11N/c8-7(9)6-4-2-1-3-5-6;1-3-5-4-2/h1-5H;5H,3-4H2,1-2H3. The smallest absolute Gasteiger partial charge is 0.269 e. The first-order valence-corrected chi connectivity index (χ1v) is 4.62. The molecule has 0 spiro atoms. The molecule has 0 saturated heterocycles. The van der Waals surface area contributed by atoms with E-state index in [1.807, 2.05) is 0 Å². The summed E-state index contributed by atoms with van der Waals surface area (Å²) in [6, 6.07) is 7.93. The first-order chi connectivity index (χ1) is 6.72. The lowest BCUT2D eigenvalue weighted by molar-refractivity contribution is -0.384. The van der Waals surface area contributed by atoms with Crippen LogP contribution in [0.1, 0.15) is 13.8 Å². The molecule has 14 heavy (non-hydrogen) atoms. The minimum absolute atomic E-state index is 0.137. The summed E-state index contributed by atoms with van der Waals surface area (Å²) in [4.78, 5) is 9.59. The maximum Gasteiger partial charge on any atom is 0.269 e. The van der Waals surface area contributed by atoms with Crippen molar-refractivity contribution in [2.75, 3.05) is 13.1 Å². The predicted molar refractivity (Wildman–Crippen MR) is 57.3 cm³/mol. The minimum atomic E-state index is -0.417. The molecule has 4 heteroatoms. The van der Waals surface area contributed by atoms with Crippen LogP contribution in [0.2, 0.25) is 0 Å². The molecule has 0 atom stereocenters.